The first kappa shape index (κ1) is 11.2. The van der Waals surface area contributed by atoms with Crippen LogP contribution in [-0.2, 0) is 0 Å². The summed E-state index contributed by atoms with van der Waals surface area (Å²) in [6.45, 7) is 4.04. The molecule has 0 amide bonds. The number of rotatable bonds is 3. The molecular weight excluding hydrogens is 240 g/mol. The molecule has 0 aliphatic heterocycles. The quantitative estimate of drug-likeness (QED) is 0.843. The molecule has 1 aromatic heterocycles. The van der Waals surface area contributed by atoms with Crippen molar-refractivity contribution in [1.82, 2.24) is 4.98 Å². The topological polar surface area (TPSA) is 38.9 Å². The van der Waals surface area contributed by atoms with Gasteiger partial charge in [0, 0.05) is 11.0 Å². The van der Waals surface area contributed by atoms with Crippen molar-refractivity contribution in [3.63, 3.8) is 0 Å². The Bertz CT molecular complexity index is 322. The van der Waals surface area contributed by atoms with Crippen molar-refractivity contribution in [2.75, 3.05) is 11.1 Å². The highest BCUT2D eigenvalue weighted by atomic mass is 79.9. The summed E-state index contributed by atoms with van der Waals surface area (Å²) in [5.74, 6) is 0.595. The number of aryl methyl sites for hydroxylation is 2. The molecular formula is C11H15BrN2. The van der Waals surface area contributed by atoms with E-state index in [1.807, 2.05) is 13.0 Å². The number of allylic oxidation sites excluding steroid dienone is 1. The molecule has 0 unspecified atom stereocenters. The van der Waals surface area contributed by atoms with Crippen molar-refractivity contribution in [2.24, 2.45) is 0 Å². The van der Waals surface area contributed by atoms with E-state index < -0.39 is 0 Å². The van der Waals surface area contributed by atoms with Crippen LogP contribution in [0.3, 0.4) is 0 Å². The van der Waals surface area contributed by atoms with Gasteiger partial charge in [-0.25, -0.2) is 4.98 Å². The highest BCUT2D eigenvalue weighted by Gasteiger charge is 2.01. The van der Waals surface area contributed by atoms with E-state index in [4.69, 9.17) is 5.73 Å². The predicted octanol–water partition coefficient (Wildman–Crippen LogP) is 3.08. The second-order valence-corrected chi connectivity index (χ2v) is 4.04. The molecule has 0 bridgehead atoms. The van der Waals surface area contributed by atoms with Crippen molar-refractivity contribution in [1.29, 1.82) is 0 Å². The molecule has 76 valence electrons. The Morgan fingerprint density at radius 3 is 2.79 bits per heavy atom. The number of hydrogen-bond acceptors (Lipinski definition) is 2. The van der Waals surface area contributed by atoms with Gasteiger partial charge in [0.1, 0.15) is 5.82 Å². The minimum Gasteiger partial charge on any atom is -0.384 e. The molecule has 3 heteroatoms. The molecule has 2 N–H and O–H groups in total. The number of pyridine rings is 1. The van der Waals surface area contributed by atoms with Crippen molar-refractivity contribution >= 4 is 27.8 Å². The lowest BCUT2D eigenvalue weighted by Crippen LogP contribution is -1.97. The summed E-state index contributed by atoms with van der Waals surface area (Å²) < 4.78 is 0. The van der Waals surface area contributed by atoms with Crippen LogP contribution in [0.5, 0.6) is 0 Å². The molecule has 0 saturated heterocycles. The van der Waals surface area contributed by atoms with E-state index in [1.165, 1.54) is 11.1 Å². The van der Waals surface area contributed by atoms with Crippen LogP contribution in [0.2, 0.25) is 0 Å². The van der Waals surface area contributed by atoms with Gasteiger partial charge in [0.25, 0.3) is 0 Å². The number of nitrogens with zero attached hydrogens (tertiary/aromatic N) is 1. The van der Waals surface area contributed by atoms with E-state index in [0.29, 0.717) is 5.82 Å². The minimum atomic E-state index is 0.595. The van der Waals surface area contributed by atoms with Gasteiger partial charge in [-0.05, 0) is 37.5 Å². The van der Waals surface area contributed by atoms with Crippen LogP contribution in [0, 0.1) is 13.8 Å². The Morgan fingerprint density at radius 2 is 2.21 bits per heavy atom. The number of nitrogen functional groups attached to an aromatic ring is 1. The lowest BCUT2D eigenvalue weighted by molar-refractivity contribution is 1.17. The normalized spacial score (nSPS) is 11.1. The Labute approximate surface area is 93.4 Å². The molecule has 14 heavy (non-hydrogen) atoms. The Morgan fingerprint density at radius 1 is 1.50 bits per heavy atom. The standard InChI is InChI=1S/C11H15BrN2/c1-8-7-11(13)14-9(2)10(8)5-3-4-6-12/h3,5,7H,4,6H2,1-2H3,(H2,13,14). The van der Waals surface area contributed by atoms with E-state index in [9.17, 15) is 0 Å². The van der Waals surface area contributed by atoms with E-state index in [1.54, 1.807) is 0 Å². The molecule has 0 spiro atoms. The van der Waals surface area contributed by atoms with E-state index in [2.05, 4.69) is 40.0 Å². The molecule has 2 nitrogen and oxygen atoms in total. The first-order chi connectivity index (χ1) is 6.65. The van der Waals surface area contributed by atoms with Gasteiger partial charge in [0.15, 0.2) is 0 Å². The van der Waals surface area contributed by atoms with Crippen LogP contribution < -0.4 is 5.73 Å². The molecule has 0 saturated carbocycles. The number of halogens is 1. The second-order valence-electron chi connectivity index (χ2n) is 3.24. The van der Waals surface area contributed by atoms with Crippen molar-refractivity contribution < 1.29 is 0 Å². The molecule has 0 aliphatic carbocycles. The largest absolute Gasteiger partial charge is 0.384 e. The fourth-order valence-electron chi connectivity index (χ4n) is 1.39. The third-order valence-electron chi connectivity index (χ3n) is 2.04. The molecule has 0 atom stereocenters. The molecule has 0 fully saturated rings. The third kappa shape index (κ3) is 2.84. The number of nitrogens with two attached hydrogens (primary N) is 1. The second kappa shape index (κ2) is 5.15. The van der Waals surface area contributed by atoms with Gasteiger partial charge in [-0.15, -0.1) is 0 Å². The predicted molar refractivity (Wildman–Crippen MR) is 65.6 cm³/mol. The lowest BCUT2D eigenvalue weighted by Gasteiger charge is -2.05. The zero-order chi connectivity index (χ0) is 10.6. The van der Waals surface area contributed by atoms with Gasteiger partial charge in [-0.2, -0.15) is 0 Å². The number of aromatic nitrogens is 1. The molecule has 0 aromatic carbocycles. The maximum atomic E-state index is 5.64. The van der Waals surface area contributed by atoms with E-state index >= 15 is 0 Å². The molecule has 0 aliphatic rings. The van der Waals surface area contributed by atoms with Crippen LogP contribution >= 0.6 is 15.9 Å². The minimum absolute atomic E-state index is 0.595. The zero-order valence-electron chi connectivity index (χ0n) is 8.55. The first-order valence-electron chi connectivity index (χ1n) is 4.61. The molecule has 1 rings (SSSR count). The average molecular weight is 255 g/mol. The highest BCUT2D eigenvalue weighted by Crippen LogP contribution is 2.16. The fourth-order valence-corrected chi connectivity index (χ4v) is 1.65. The maximum Gasteiger partial charge on any atom is 0.123 e. The molecule has 1 aromatic rings. The summed E-state index contributed by atoms with van der Waals surface area (Å²) in [6, 6.07) is 1.90. The van der Waals surface area contributed by atoms with Gasteiger partial charge in [-0.1, -0.05) is 28.1 Å². The lowest BCUT2D eigenvalue weighted by atomic mass is 10.1. The smallest absolute Gasteiger partial charge is 0.123 e. The monoisotopic (exact) mass is 254 g/mol. The van der Waals surface area contributed by atoms with Crippen LogP contribution in [0.15, 0.2) is 12.1 Å². The van der Waals surface area contributed by atoms with Crippen LogP contribution in [0.4, 0.5) is 5.82 Å². The van der Waals surface area contributed by atoms with Crippen molar-refractivity contribution in [2.45, 2.75) is 20.3 Å². The first-order valence-corrected chi connectivity index (χ1v) is 5.73. The number of alkyl halides is 1. The Hall–Kier alpha value is -0.830. The van der Waals surface area contributed by atoms with E-state index in [0.717, 1.165) is 17.4 Å². The average Bonchev–Trinajstić information content (AvgIpc) is 2.09. The van der Waals surface area contributed by atoms with Gasteiger partial charge < -0.3 is 5.73 Å². The fraction of sp³-hybridized carbons (Fsp3) is 0.364. The van der Waals surface area contributed by atoms with Gasteiger partial charge >= 0.3 is 0 Å². The van der Waals surface area contributed by atoms with Gasteiger partial charge in [-0.3, -0.25) is 0 Å². The van der Waals surface area contributed by atoms with Crippen LogP contribution in [0.25, 0.3) is 6.08 Å². The highest BCUT2D eigenvalue weighted by molar-refractivity contribution is 9.09. The summed E-state index contributed by atoms with van der Waals surface area (Å²) >= 11 is 3.38. The van der Waals surface area contributed by atoms with Crippen molar-refractivity contribution in [3.05, 3.63) is 29.0 Å². The summed E-state index contributed by atoms with van der Waals surface area (Å²) in [7, 11) is 0. The Kier molecular flexibility index (Phi) is 4.14. The van der Waals surface area contributed by atoms with Gasteiger partial charge in [0.2, 0.25) is 0 Å². The summed E-state index contributed by atoms with van der Waals surface area (Å²) in [6.07, 6.45) is 5.28. The van der Waals surface area contributed by atoms with Crippen LogP contribution in [-0.4, -0.2) is 10.3 Å². The SMILES string of the molecule is Cc1cc(N)nc(C)c1C=CCCBr. The maximum absolute atomic E-state index is 5.64. The molecule has 0 radical (unpaired) electrons. The van der Waals surface area contributed by atoms with Crippen LogP contribution in [0.1, 0.15) is 23.2 Å². The van der Waals surface area contributed by atoms with E-state index in [-0.39, 0.29) is 0 Å². The molecule has 1 heterocycles. The number of hydrogen-bond donors (Lipinski definition) is 1. The van der Waals surface area contributed by atoms with Gasteiger partial charge in [0.05, 0.1) is 0 Å². The van der Waals surface area contributed by atoms with Crippen molar-refractivity contribution in [3.8, 4) is 0 Å². The zero-order valence-corrected chi connectivity index (χ0v) is 10.1. The third-order valence-corrected chi connectivity index (χ3v) is 2.49. The summed E-state index contributed by atoms with van der Waals surface area (Å²) in [5.41, 5.74) is 9.00. The Balaban J connectivity index is 2.96. The summed E-state index contributed by atoms with van der Waals surface area (Å²) in [5, 5.41) is 0.990. The number of anilines is 1. The summed E-state index contributed by atoms with van der Waals surface area (Å²) in [4.78, 5) is 4.23.